The maximum atomic E-state index is 6.20. The molecule has 2 rings (SSSR count). The first-order valence-corrected chi connectivity index (χ1v) is 8.25. The number of ether oxygens (including phenoxy) is 1. The average molecular weight is 296 g/mol. The Balaban J connectivity index is 1.92. The standard InChI is InChI=1S/C17H26ClNO/c1-2-19-12-17(15-9-6-10-16(18)11-15)20-13-14-7-4-3-5-8-14/h6,9-11,14,17,19H,2-5,7-8,12-13H2,1H3. The van der Waals surface area contributed by atoms with E-state index < -0.39 is 0 Å². The van der Waals surface area contributed by atoms with Gasteiger partial charge in [0, 0.05) is 11.6 Å². The molecule has 0 aromatic heterocycles. The van der Waals surface area contributed by atoms with Gasteiger partial charge in [-0.1, -0.05) is 49.9 Å². The second-order valence-corrected chi connectivity index (χ2v) is 6.13. The highest BCUT2D eigenvalue weighted by Gasteiger charge is 2.17. The fourth-order valence-corrected chi connectivity index (χ4v) is 3.06. The van der Waals surface area contributed by atoms with Crippen LogP contribution in [-0.2, 0) is 4.74 Å². The van der Waals surface area contributed by atoms with Crippen LogP contribution < -0.4 is 5.32 Å². The third kappa shape index (κ3) is 5.08. The maximum absolute atomic E-state index is 6.20. The van der Waals surface area contributed by atoms with Gasteiger partial charge in [-0.05, 0) is 43.0 Å². The van der Waals surface area contributed by atoms with Crippen LogP contribution in [0.2, 0.25) is 5.02 Å². The minimum atomic E-state index is 0.107. The summed E-state index contributed by atoms with van der Waals surface area (Å²) in [5, 5.41) is 4.17. The lowest BCUT2D eigenvalue weighted by Crippen LogP contribution is -2.25. The van der Waals surface area contributed by atoms with Gasteiger partial charge < -0.3 is 10.1 Å². The first-order valence-electron chi connectivity index (χ1n) is 7.87. The van der Waals surface area contributed by atoms with E-state index in [1.165, 1.54) is 37.7 Å². The summed E-state index contributed by atoms with van der Waals surface area (Å²) in [4.78, 5) is 0. The summed E-state index contributed by atoms with van der Waals surface area (Å²) in [6.45, 7) is 4.81. The zero-order valence-electron chi connectivity index (χ0n) is 12.4. The highest BCUT2D eigenvalue weighted by atomic mass is 35.5. The molecule has 0 heterocycles. The van der Waals surface area contributed by atoms with E-state index in [2.05, 4.69) is 18.3 Å². The van der Waals surface area contributed by atoms with Crippen molar-refractivity contribution in [3.63, 3.8) is 0 Å². The third-order valence-electron chi connectivity index (χ3n) is 4.06. The van der Waals surface area contributed by atoms with Crippen molar-refractivity contribution in [2.24, 2.45) is 5.92 Å². The maximum Gasteiger partial charge on any atom is 0.0949 e. The average Bonchev–Trinajstić information content (AvgIpc) is 2.48. The molecule has 0 spiro atoms. The molecule has 1 aliphatic rings. The smallest absolute Gasteiger partial charge is 0.0949 e. The van der Waals surface area contributed by atoms with Gasteiger partial charge >= 0.3 is 0 Å². The fraction of sp³-hybridized carbons (Fsp3) is 0.647. The number of rotatable bonds is 7. The highest BCUT2D eigenvalue weighted by Crippen LogP contribution is 2.27. The van der Waals surface area contributed by atoms with Crippen LogP contribution >= 0.6 is 11.6 Å². The van der Waals surface area contributed by atoms with E-state index in [1.807, 2.05) is 18.2 Å². The van der Waals surface area contributed by atoms with Gasteiger partial charge in [-0.25, -0.2) is 0 Å². The van der Waals surface area contributed by atoms with Crippen molar-refractivity contribution in [2.75, 3.05) is 19.7 Å². The van der Waals surface area contributed by atoms with E-state index in [1.54, 1.807) is 0 Å². The molecule has 1 aliphatic carbocycles. The van der Waals surface area contributed by atoms with Gasteiger partial charge in [0.2, 0.25) is 0 Å². The topological polar surface area (TPSA) is 21.3 Å². The summed E-state index contributed by atoms with van der Waals surface area (Å²) >= 11 is 6.10. The molecule has 1 N–H and O–H groups in total. The Morgan fingerprint density at radius 2 is 2.10 bits per heavy atom. The van der Waals surface area contributed by atoms with Gasteiger partial charge in [-0.15, -0.1) is 0 Å². The van der Waals surface area contributed by atoms with Crippen molar-refractivity contribution in [2.45, 2.75) is 45.1 Å². The molecule has 0 radical (unpaired) electrons. The van der Waals surface area contributed by atoms with Crippen molar-refractivity contribution in [1.29, 1.82) is 0 Å². The van der Waals surface area contributed by atoms with Gasteiger partial charge in [-0.3, -0.25) is 0 Å². The number of benzene rings is 1. The van der Waals surface area contributed by atoms with Gasteiger partial charge in [0.05, 0.1) is 12.7 Å². The third-order valence-corrected chi connectivity index (χ3v) is 4.29. The van der Waals surface area contributed by atoms with Crippen molar-refractivity contribution < 1.29 is 4.74 Å². The lowest BCUT2D eigenvalue weighted by atomic mass is 9.90. The number of hydrogen-bond donors (Lipinski definition) is 1. The Bertz CT molecular complexity index is 390. The molecule has 1 aromatic rings. The van der Waals surface area contributed by atoms with E-state index >= 15 is 0 Å². The number of hydrogen-bond acceptors (Lipinski definition) is 2. The minimum Gasteiger partial charge on any atom is -0.372 e. The molecule has 1 aromatic carbocycles. The quantitative estimate of drug-likeness (QED) is 0.794. The summed E-state index contributed by atoms with van der Waals surface area (Å²) in [5.41, 5.74) is 1.18. The monoisotopic (exact) mass is 295 g/mol. The van der Waals surface area contributed by atoms with E-state index in [-0.39, 0.29) is 6.10 Å². The molecule has 3 heteroatoms. The second-order valence-electron chi connectivity index (χ2n) is 5.69. The van der Waals surface area contributed by atoms with E-state index in [0.717, 1.165) is 30.6 Å². The van der Waals surface area contributed by atoms with E-state index in [0.29, 0.717) is 0 Å². The van der Waals surface area contributed by atoms with Crippen molar-refractivity contribution in [3.8, 4) is 0 Å². The van der Waals surface area contributed by atoms with Crippen molar-refractivity contribution >= 4 is 11.6 Å². The van der Waals surface area contributed by atoms with Crippen LogP contribution in [0.4, 0.5) is 0 Å². The molecule has 20 heavy (non-hydrogen) atoms. The largest absolute Gasteiger partial charge is 0.372 e. The summed E-state index contributed by atoms with van der Waals surface area (Å²) in [5.74, 6) is 0.743. The molecule has 1 fully saturated rings. The molecule has 1 atom stereocenters. The summed E-state index contributed by atoms with van der Waals surface area (Å²) in [6.07, 6.45) is 6.88. The van der Waals surface area contributed by atoms with Crippen LogP contribution in [0.1, 0.15) is 50.7 Å². The van der Waals surface area contributed by atoms with Crippen molar-refractivity contribution in [1.82, 2.24) is 5.32 Å². The van der Waals surface area contributed by atoms with Gasteiger partial charge in [-0.2, -0.15) is 0 Å². The Morgan fingerprint density at radius 1 is 1.30 bits per heavy atom. The minimum absolute atomic E-state index is 0.107. The van der Waals surface area contributed by atoms with Crippen LogP contribution in [-0.4, -0.2) is 19.7 Å². The van der Waals surface area contributed by atoms with Crippen LogP contribution in [0.15, 0.2) is 24.3 Å². The molecule has 1 unspecified atom stereocenters. The van der Waals surface area contributed by atoms with Crippen LogP contribution in [0.25, 0.3) is 0 Å². The SMILES string of the molecule is CCNCC(OCC1CCCCC1)c1cccc(Cl)c1. The highest BCUT2D eigenvalue weighted by molar-refractivity contribution is 6.30. The Morgan fingerprint density at radius 3 is 2.80 bits per heavy atom. The van der Waals surface area contributed by atoms with Crippen LogP contribution in [0, 0.1) is 5.92 Å². The molecule has 112 valence electrons. The number of halogens is 1. The normalized spacial score (nSPS) is 18.1. The van der Waals surface area contributed by atoms with Gasteiger partial charge in [0.15, 0.2) is 0 Å². The predicted molar refractivity (Wildman–Crippen MR) is 85.3 cm³/mol. The van der Waals surface area contributed by atoms with Crippen LogP contribution in [0.5, 0.6) is 0 Å². The lowest BCUT2D eigenvalue weighted by molar-refractivity contribution is 0.0202. The molecular weight excluding hydrogens is 270 g/mol. The predicted octanol–water partition coefficient (Wildman–Crippen LogP) is 4.59. The van der Waals surface area contributed by atoms with Gasteiger partial charge in [0.25, 0.3) is 0 Å². The molecule has 0 bridgehead atoms. The summed E-state index contributed by atoms with van der Waals surface area (Å²) < 4.78 is 6.20. The first kappa shape index (κ1) is 15.8. The molecular formula is C17H26ClNO. The summed E-state index contributed by atoms with van der Waals surface area (Å²) in [6, 6.07) is 8.04. The Kier molecular flexibility index (Phi) is 6.85. The van der Waals surface area contributed by atoms with Crippen LogP contribution in [0.3, 0.4) is 0 Å². The first-order chi connectivity index (χ1) is 9.79. The van der Waals surface area contributed by atoms with E-state index in [9.17, 15) is 0 Å². The fourth-order valence-electron chi connectivity index (χ4n) is 2.86. The molecule has 1 saturated carbocycles. The summed E-state index contributed by atoms with van der Waals surface area (Å²) in [7, 11) is 0. The molecule has 0 saturated heterocycles. The van der Waals surface area contributed by atoms with Crippen molar-refractivity contribution in [3.05, 3.63) is 34.9 Å². The molecule has 2 nitrogen and oxygen atoms in total. The number of likely N-dealkylation sites (N-methyl/N-ethyl adjacent to an activating group) is 1. The van der Waals surface area contributed by atoms with Gasteiger partial charge in [0.1, 0.15) is 0 Å². The Labute approximate surface area is 127 Å². The number of nitrogens with one attached hydrogen (secondary N) is 1. The molecule has 0 amide bonds. The lowest BCUT2D eigenvalue weighted by Gasteiger charge is -2.25. The Hall–Kier alpha value is -0.570. The molecule has 0 aliphatic heterocycles. The zero-order valence-corrected chi connectivity index (χ0v) is 13.2. The second kappa shape index (κ2) is 8.66. The van der Waals surface area contributed by atoms with E-state index in [4.69, 9.17) is 16.3 Å². The zero-order chi connectivity index (χ0) is 14.2.